The minimum Gasteiger partial charge on any atom is -0.480 e. The minimum atomic E-state index is -0.913. The summed E-state index contributed by atoms with van der Waals surface area (Å²) in [6.07, 6.45) is 2.65. The van der Waals surface area contributed by atoms with E-state index in [0.717, 1.165) is 25.8 Å². The molecule has 1 fully saturated rings. The number of hydrogen-bond acceptors (Lipinski definition) is 4. The number of carboxylic acid groups (broad SMARTS) is 2. The summed E-state index contributed by atoms with van der Waals surface area (Å²) in [5, 5.41) is 16.9. The topological polar surface area (TPSA) is 104 Å². The highest BCUT2D eigenvalue weighted by Crippen LogP contribution is 2.13. The Hall–Kier alpha value is -1.14. The average molecular weight is 260 g/mol. The summed E-state index contributed by atoms with van der Waals surface area (Å²) < 4.78 is 0. The molecule has 18 heavy (non-hydrogen) atoms. The molecule has 0 aliphatic carbocycles. The SMILES string of the molecule is CCC(C)[C@@H](N)C(=O)O.CN1CCC[C@H]1C(=O)O. The van der Waals surface area contributed by atoms with Gasteiger partial charge < -0.3 is 15.9 Å². The van der Waals surface area contributed by atoms with Gasteiger partial charge in [0.25, 0.3) is 0 Å². The van der Waals surface area contributed by atoms with Gasteiger partial charge >= 0.3 is 11.9 Å². The fourth-order valence-corrected chi connectivity index (χ4v) is 1.72. The van der Waals surface area contributed by atoms with E-state index < -0.39 is 18.0 Å². The van der Waals surface area contributed by atoms with Gasteiger partial charge in [0.15, 0.2) is 0 Å². The molecule has 0 bridgehead atoms. The summed E-state index contributed by atoms with van der Waals surface area (Å²) in [4.78, 5) is 22.4. The first-order chi connectivity index (χ1) is 8.31. The van der Waals surface area contributed by atoms with Gasteiger partial charge in [0, 0.05) is 0 Å². The van der Waals surface area contributed by atoms with Crippen molar-refractivity contribution in [1.29, 1.82) is 0 Å². The third kappa shape index (κ3) is 5.46. The zero-order valence-corrected chi connectivity index (χ0v) is 11.3. The third-order valence-electron chi connectivity index (χ3n) is 3.35. The largest absolute Gasteiger partial charge is 0.480 e. The molecule has 0 spiro atoms. The molecule has 4 N–H and O–H groups in total. The lowest BCUT2D eigenvalue weighted by Crippen LogP contribution is -2.36. The van der Waals surface area contributed by atoms with Crippen LogP contribution in [0.5, 0.6) is 0 Å². The van der Waals surface area contributed by atoms with Gasteiger partial charge in [-0.15, -0.1) is 0 Å². The molecule has 1 rings (SSSR count). The van der Waals surface area contributed by atoms with Gasteiger partial charge in [-0.05, 0) is 32.4 Å². The van der Waals surface area contributed by atoms with Crippen LogP contribution in [0.25, 0.3) is 0 Å². The second-order valence-corrected chi connectivity index (χ2v) is 4.73. The van der Waals surface area contributed by atoms with E-state index in [-0.39, 0.29) is 12.0 Å². The molecule has 0 amide bonds. The smallest absolute Gasteiger partial charge is 0.320 e. The normalized spacial score (nSPS) is 22.8. The average Bonchev–Trinajstić information content (AvgIpc) is 2.74. The van der Waals surface area contributed by atoms with Crippen molar-refractivity contribution >= 4 is 11.9 Å². The van der Waals surface area contributed by atoms with Crippen LogP contribution in [-0.4, -0.2) is 52.7 Å². The molecule has 6 heteroatoms. The van der Waals surface area contributed by atoms with Crippen LogP contribution >= 0.6 is 0 Å². The maximum Gasteiger partial charge on any atom is 0.320 e. The van der Waals surface area contributed by atoms with E-state index in [1.165, 1.54) is 0 Å². The first-order valence-corrected chi connectivity index (χ1v) is 6.22. The minimum absolute atomic E-state index is 0.0718. The predicted octanol–water partition coefficient (Wildman–Crippen LogP) is 0.610. The van der Waals surface area contributed by atoms with Crippen molar-refractivity contribution in [3.8, 4) is 0 Å². The van der Waals surface area contributed by atoms with Gasteiger partial charge in [0.2, 0.25) is 0 Å². The van der Waals surface area contributed by atoms with Crippen LogP contribution in [0.2, 0.25) is 0 Å². The van der Waals surface area contributed by atoms with Crippen molar-refractivity contribution < 1.29 is 19.8 Å². The molecule has 0 saturated carbocycles. The Kier molecular flexibility index (Phi) is 7.54. The Balaban J connectivity index is 0.000000321. The second kappa shape index (κ2) is 8.05. The van der Waals surface area contributed by atoms with Crippen LogP contribution in [0.1, 0.15) is 33.1 Å². The number of carbonyl (C=O) groups is 2. The van der Waals surface area contributed by atoms with E-state index in [1.807, 2.05) is 25.8 Å². The van der Waals surface area contributed by atoms with E-state index >= 15 is 0 Å². The lowest BCUT2D eigenvalue weighted by Gasteiger charge is -2.13. The molecule has 0 aromatic rings. The monoisotopic (exact) mass is 260 g/mol. The number of likely N-dealkylation sites (tertiary alicyclic amines) is 1. The van der Waals surface area contributed by atoms with Crippen molar-refractivity contribution in [2.24, 2.45) is 11.7 Å². The van der Waals surface area contributed by atoms with Crippen molar-refractivity contribution in [2.75, 3.05) is 13.6 Å². The van der Waals surface area contributed by atoms with E-state index in [4.69, 9.17) is 15.9 Å². The van der Waals surface area contributed by atoms with E-state index in [1.54, 1.807) is 0 Å². The fourth-order valence-electron chi connectivity index (χ4n) is 1.72. The maximum absolute atomic E-state index is 10.4. The quantitative estimate of drug-likeness (QED) is 0.684. The highest BCUT2D eigenvalue weighted by atomic mass is 16.4. The first-order valence-electron chi connectivity index (χ1n) is 6.22. The van der Waals surface area contributed by atoms with Crippen LogP contribution in [0.3, 0.4) is 0 Å². The Bertz CT molecular complexity index is 283. The predicted molar refractivity (Wildman–Crippen MR) is 68.4 cm³/mol. The molecule has 1 aliphatic heterocycles. The van der Waals surface area contributed by atoms with Crippen LogP contribution in [0.4, 0.5) is 0 Å². The van der Waals surface area contributed by atoms with Gasteiger partial charge in [-0.3, -0.25) is 14.5 Å². The zero-order valence-electron chi connectivity index (χ0n) is 11.3. The Morgan fingerprint density at radius 2 is 2.00 bits per heavy atom. The van der Waals surface area contributed by atoms with Crippen molar-refractivity contribution in [3.63, 3.8) is 0 Å². The number of nitrogens with zero attached hydrogens (tertiary/aromatic N) is 1. The molecule has 6 nitrogen and oxygen atoms in total. The van der Waals surface area contributed by atoms with Crippen LogP contribution in [0.15, 0.2) is 0 Å². The molecule has 106 valence electrons. The number of aliphatic carboxylic acids is 2. The molecule has 1 heterocycles. The third-order valence-corrected chi connectivity index (χ3v) is 3.35. The Morgan fingerprint density at radius 3 is 2.17 bits per heavy atom. The van der Waals surface area contributed by atoms with Gasteiger partial charge in [-0.1, -0.05) is 20.3 Å². The number of likely N-dealkylation sites (N-methyl/N-ethyl adjacent to an activating group) is 1. The van der Waals surface area contributed by atoms with E-state index in [2.05, 4.69) is 0 Å². The summed E-state index contributed by atoms with van der Waals surface area (Å²) in [5.41, 5.74) is 5.27. The van der Waals surface area contributed by atoms with Crippen molar-refractivity contribution in [1.82, 2.24) is 4.90 Å². The molecule has 3 atom stereocenters. The zero-order chi connectivity index (χ0) is 14.3. The lowest BCUT2D eigenvalue weighted by molar-refractivity contribution is -0.142. The van der Waals surface area contributed by atoms with Crippen LogP contribution in [0, 0.1) is 5.92 Å². The summed E-state index contributed by atoms with van der Waals surface area (Å²) in [6.45, 7) is 4.68. The molecule has 0 aromatic carbocycles. The number of carboxylic acids is 2. The standard InChI is InChI=1S/C6H11NO2.C6H13NO2/c1-7-4-2-3-5(7)6(8)9;1-3-4(2)5(7)6(8)9/h5H,2-4H2,1H3,(H,8,9);4-5H,3,7H2,1-2H3,(H,8,9)/t5-;4?,5-/m01/s1. The van der Waals surface area contributed by atoms with E-state index in [0.29, 0.717) is 0 Å². The molecule has 1 aliphatic rings. The summed E-state index contributed by atoms with van der Waals surface area (Å²) in [5.74, 6) is -1.53. The highest BCUT2D eigenvalue weighted by Gasteiger charge is 2.26. The van der Waals surface area contributed by atoms with Gasteiger partial charge in [-0.25, -0.2) is 0 Å². The molecule has 1 saturated heterocycles. The van der Waals surface area contributed by atoms with Gasteiger partial charge in [0.05, 0.1) is 0 Å². The first kappa shape index (κ1) is 16.9. The summed E-state index contributed by atoms with van der Waals surface area (Å²) in [6, 6.07) is -0.917. The van der Waals surface area contributed by atoms with E-state index in [9.17, 15) is 9.59 Å². The van der Waals surface area contributed by atoms with Gasteiger partial charge in [0.1, 0.15) is 12.1 Å². The lowest BCUT2D eigenvalue weighted by atomic mass is 10.0. The Labute approximate surface area is 108 Å². The number of hydrogen-bond donors (Lipinski definition) is 3. The van der Waals surface area contributed by atoms with Crippen molar-refractivity contribution in [3.05, 3.63) is 0 Å². The fraction of sp³-hybridized carbons (Fsp3) is 0.833. The number of rotatable bonds is 4. The highest BCUT2D eigenvalue weighted by molar-refractivity contribution is 5.73. The Morgan fingerprint density at radius 1 is 1.44 bits per heavy atom. The molecule has 1 unspecified atom stereocenters. The molecular formula is C12H24N2O4. The second-order valence-electron chi connectivity index (χ2n) is 4.73. The number of nitrogens with two attached hydrogens (primary N) is 1. The van der Waals surface area contributed by atoms with Crippen molar-refractivity contribution in [2.45, 2.75) is 45.2 Å². The maximum atomic E-state index is 10.4. The summed E-state index contributed by atoms with van der Waals surface area (Å²) in [7, 11) is 1.85. The van der Waals surface area contributed by atoms with Crippen LogP contribution < -0.4 is 5.73 Å². The van der Waals surface area contributed by atoms with Crippen LogP contribution in [-0.2, 0) is 9.59 Å². The molecular weight excluding hydrogens is 236 g/mol. The summed E-state index contributed by atoms with van der Waals surface area (Å²) >= 11 is 0. The molecule has 0 aromatic heterocycles. The van der Waals surface area contributed by atoms with Gasteiger partial charge in [-0.2, -0.15) is 0 Å². The molecule has 0 radical (unpaired) electrons.